The summed E-state index contributed by atoms with van der Waals surface area (Å²) in [5.41, 5.74) is 0.616. The molecule has 0 aromatic carbocycles. The van der Waals surface area contributed by atoms with Gasteiger partial charge in [-0.05, 0) is 79.4 Å². The molecule has 0 aromatic rings. The van der Waals surface area contributed by atoms with Gasteiger partial charge in [-0.15, -0.1) is 0 Å². The number of ketones is 1. The van der Waals surface area contributed by atoms with Crippen LogP contribution in [0.5, 0.6) is 0 Å². The van der Waals surface area contributed by atoms with Crippen LogP contribution in [0.1, 0.15) is 71.6 Å². The van der Waals surface area contributed by atoms with E-state index in [-0.39, 0.29) is 11.2 Å². The fourth-order valence-corrected chi connectivity index (χ4v) is 7.35. The number of fused-ring (bicyclic) bond motifs is 5. The van der Waals surface area contributed by atoms with Gasteiger partial charge < -0.3 is 5.11 Å². The third kappa shape index (κ3) is 2.14. The summed E-state index contributed by atoms with van der Waals surface area (Å²) in [6, 6.07) is 0. The predicted octanol–water partition coefficient (Wildman–Crippen LogP) is 4.30. The smallest absolute Gasteiger partial charge is 0.314 e. The molecule has 0 heterocycles. The van der Waals surface area contributed by atoms with Crippen molar-refractivity contribution >= 4 is 11.8 Å². The van der Waals surface area contributed by atoms with Crippen molar-refractivity contribution in [2.45, 2.75) is 71.6 Å². The van der Waals surface area contributed by atoms with Gasteiger partial charge in [-0.25, -0.2) is 0 Å². The van der Waals surface area contributed by atoms with E-state index in [4.69, 9.17) is 0 Å². The van der Waals surface area contributed by atoms with Crippen molar-refractivity contribution in [2.75, 3.05) is 0 Å². The third-order valence-electron chi connectivity index (χ3n) is 8.62. The molecule has 0 saturated heterocycles. The van der Waals surface area contributed by atoms with Crippen molar-refractivity contribution in [1.29, 1.82) is 0 Å². The Morgan fingerprint density at radius 2 is 1.87 bits per heavy atom. The Hall–Kier alpha value is -0.860. The van der Waals surface area contributed by atoms with Crippen molar-refractivity contribution in [3.05, 3.63) is 0 Å². The summed E-state index contributed by atoms with van der Waals surface area (Å²) in [6.45, 7) is 4.83. The fourth-order valence-electron chi connectivity index (χ4n) is 7.35. The molecule has 0 amide bonds. The quantitative estimate of drug-likeness (QED) is 0.733. The highest BCUT2D eigenvalue weighted by atomic mass is 16.4. The van der Waals surface area contributed by atoms with E-state index in [9.17, 15) is 14.7 Å². The second-order valence-corrected chi connectivity index (χ2v) is 9.51. The lowest BCUT2D eigenvalue weighted by Gasteiger charge is -2.60. The number of aliphatic carboxylic acids is 1. The molecule has 4 saturated carbocycles. The van der Waals surface area contributed by atoms with Crippen LogP contribution < -0.4 is 0 Å². The Morgan fingerprint density at radius 1 is 1.09 bits per heavy atom. The number of hydrogen-bond acceptors (Lipinski definition) is 2. The van der Waals surface area contributed by atoms with E-state index >= 15 is 0 Å². The van der Waals surface area contributed by atoms with E-state index in [0.717, 1.165) is 18.3 Å². The Labute approximate surface area is 139 Å². The normalized spacial score (nSPS) is 52.4. The summed E-state index contributed by atoms with van der Waals surface area (Å²) in [5.74, 6) is 1.05. The van der Waals surface area contributed by atoms with Crippen LogP contribution in [0.25, 0.3) is 0 Å². The molecule has 23 heavy (non-hydrogen) atoms. The highest BCUT2D eigenvalue weighted by molar-refractivity contribution is 5.99. The van der Waals surface area contributed by atoms with Gasteiger partial charge in [0.25, 0.3) is 0 Å². The Bertz CT molecular complexity index is 541. The highest BCUT2D eigenvalue weighted by Crippen LogP contribution is 2.66. The van der Waals surface area contributed by atoms with Crippen LogP contribution in [0.2, 0.25) is 0 Å². The number of carboxylic acids is 1. The van der Waals surface area contributed by atoms with Gasteiger partial charge in [0, 0.05) is 6.42 Å². The molecular weight excluding hydrogens is 288 g/mol. The average Bonchev–Trinajstić information content (AvgIpc) is 2.89. The van der Waals surface area contributed by atoms with E-state index in [2.05, 4.69) is 13.8 Å². The number of carbonyl (C=O) groups is 2. The van der Waals surface area contributed by atoms with Crippen molar-refractivity contribution in [3.63, 3.8) is 0 Å². The van der Waals surface area contributed by atoms with E-state index in [1.54, 1.807) is 0 Å². The number of rotatable bonds is 1. The molecule has 1 N–H and O–H groups in total. The molecule has 0 bridgehead atoms. The maximum atomic E-state index is 12.2. The van der Waals surface area contributed by atoms with E-state index in [0.29, 0.717) is 30.1 Å². The van der Waals surface area contributed by atoms with Gasteiger partial charge in [-0.1, -0.05) is 20.3 Å². The molecule has 3 nitrogen and oxygen atoms in total. The molecule has 0 spiro atoms. The van der Waals surface area contributed by atoms with Gasteiger partial charge in [-0.3, -0.25) is 9.59 Å². The van der Waals surface area contributed by atoms with Crippen LogP contribution in [-0.2, 0) is 9.59 Å². The van der Waals surface area contributed by atoms with Crippen molar-refractivity contribution in [3.8, 4) is 0 Å². The maximum Gasteiger partial charge on any atom is 0.314 e. The first-order valence-corrected chi connectivity index (χ1v) is 9.61. The summed E-state index contributed by atoms with van der Waals surface area (Å²) >= 11 is 0. The molecule has 0 aromatic heterocycles. The van der Waals surface area contributed by atoms with Crippen LogP contribution in [0, 0.1) is 40.4 Å². The Balaban J connectivity index is 1.65. The minimum Gasteiger partial charge on any atom is -0.481 e. The minimum atomic E-state index is -0.890. The van der Waals surface area contributed by atoms with Gasteiger partial charge in [0.15, 0.2) is 0 Å². The lowest BCUT2D eigenvalue weighted by atomic mass is 9.44. The van der Waals surface area contributed by atoms with E-state index in [1.165, 1.54) is 38.5 Å². The van der Waals surface area contributed by atoms with Crippen molar-refractivity contribution in [1.82, 2.24) is 0 Å². The monoisotopic (exact) mass is 318 g/mol. The minimum absolute atomic E-state index is 0.0139. The molecule has 4 rings (SSSR count). The van der Waals surface area contributed by atoms with E-state index < -0.39 is 11.9 Å². The number of carbonyl (C=O) groups excluding carboxylic acids is 1. The summed E-state index contributed by atoms with van der Waals surface area (Å²) < 4.78 is 0. The number of hydrogen-bond donors (Lipinski definition) is 1. The van der Waals surface area contributed by atoms with Crippen LogP contribution in [0.15, 0.2) is 0 Å². The van der Waals surface area contributed by atoms with Crippen LogP contribution in [0.3, 0.4) is 0 Å². The molecule has 4 aliphatic rings. The molecule has 3 heteroatoms. The Kier molecular flexibility index (Phi) is 3.45. The first-order valence-electron chi connectivity index (χ1n) is 9.61. The number of Topliss-reactive ketones (excluding diaryl/α,β-unsaturated/α-hetero) is 1. The first kappa shape index (κ1) is 15.7. The second kappa shape index (κ2) is 5.07. The van der Waals surface area contributed by atoms with Gasteiger partial charge in [-0.2, -0.15) is 0 Å². The second-order valence-electron chi connectivity index (χ2n) is 9.51. The SMILES string of the molecule is C[C@@]12CCC[C@H]1[C@@H]1CCC3CC(=O)C(C(=O)O)C[C@]3(C)[C@H]1CC2. The summed E-state index contributed by atoms with van der Waals surface area (Å²) in [5, 5.41) is 9.48. The molecular formula is C20H30O3. The molecule has 7 atom stereocenters. The van der Waals surface area contributed by atoms with Gasteiger partial charge in [0.2, 0.25) is 0 Å². The lowest BCUT2D eigenvalue weighted by Crippen LogP contribution is -2.55. The molecule has 0 radical (unpaired) electrons. The van der Waals surface area contributed by atoms with Crippen molar-refractivity contribution in [2.24, 2.45) is 40.4 Å². The first-order chi connectivity index (χ1) is 10.8. The van der Waals surface area contributed by atoms with E-state index in [1.807, 2.05) is 0 Å². The number of carboxylic acid groups (broad SMARTS) is 1. The lowest BCUT2D eigenvalue weighted by molar-refractivity contribution is -0.161. The van der Waals surface area contributed by atoms with Gasteiger partial charge in [0.05, 0.1) is 0 Å². The molecule has 0 aliphatic heterocycles. The molecule has 128 valence electrons. The topological polar surface area (TPSA) is 54.4 Å². The summed E-state index contributed by atoms with van der Waals surface area (Å²) in [6.07, 6.45) is 10.2. The Morgan fingerprint density at radius 3 is 2.61 bits per heavy atom. The zero-order valence-electron chi connectivity index (χ0n) is 14.5. The third-order valence-corrected chi connectivity index (χ3v) is 8.62. The molecule has 4 fully saturated rings. The van der Waals surface area contributed by atoms with Crippen LogP contribution >= 0.6 is 0 Å². The zero-order valence-corrected chi connectivity index (χ0v) is 14.5. The molecule has 2 unspecified atom stereocenters. The standard InChI is InChI=1S/C20H30O3/c1-19-8-3-4-15(19)13-6-5-12-10-17(21)14(18(22)23)11-20(12,2)16(13)7-9-19/h12-16H,3-11H2,1-2H3,(H,22,23)/t12?,13-,14?,15-,16-,19-,20-/m0/s1. The highest BCUT2D eigenvalue weighted by Gasteiger charge is 2.59. The van der Waals surface area contributed by atoms with Gasteiger partial charge in [0.1, 0.15) is 11.7 Å². The summed E-state index contributed by atoms with van der Waals surface area (Å²) in [7, 11) is 0. The largest absolute Gasteiger partial charge is 0.481 e. The predicted molar refractivity (Wildman–Crippen MR) is 87.9 cm³/mol. The van der Waals surface area contributed by atoms with Crippen molar-refractivity contribution < 1.29 is 14.7 Å². The van der Waals surface area contributed by atoms with Gasteiger partial charge >= 0.3 is 5.97 Å². The molecule has 4 aliphatic carbocycles. The average molecular weight is 318 g/mol. The van der Waals surface area contributed by atoms with Crippen LogP contribution in [0.4, 0.5) is 0 Å². The summed E-state index contributed by atoms with van der Waals surface area (Å²) in [4.78, 5) is 23.8. The fraction of sp³-hybridized carbons (Fsp3) is 0.900. The zero-order chi connectivity index (χ0) is 16.4. The van der Waals surface area contributed by atoms with Crippen LogP contribution in [-0.4, -0.2) is 16.9 Å². The maximum absolute atomic E-state index is 12.2.